The van der Waals surface area contributed by atoms with Gasteiger partial charge in [0.05, 0.1) is 12.6 Å². The molecule has 202 valence electrons. The number of hydrogen-bond acceptors (Lipinski definition) is 6. The lowest BCUT2D eigenvalue weighted by molar-refractivity contribution is -0.127. The van der Waals surface area contributed by atoms with Crippen LogP contribution in [0.1, 0.15) is 52.0 Å². The molecule has 0 saturated carbocycles. The molecule has 1 aromatic carbocycles. The molecule has 0 bridgehead atoms. The first-order valence-electron chi connectivity index (χ1n) is 12.7. The van der Waals surface area contributed by atoms with Crippen LogP contribution in [0.2, 0.25) is 0 Å². The third kappa shape index (κ3) is 11.9. The molecule has 0 saturated heterocycles. The van der Waals surface area contributed by atoms with E-state index in [1.54, 1.807) is 6.20 Å². The van der Waals surface area contributed by atoms with Crippen molar-refractivity contribution in [2.75, 3.05) is 19.8 Å². The van der Waals surface area contributed by atoms with Crippen LogP contribution in [0.4, 0.5) is 4.79 Å². The van der Waals surface area contributed by atoms with Gasteiger partial charge in [0.1, 0.15) is 19.3 Å². The Morgan fingerprint density at radius 1 is 1.27 bits per heavy atom. The first-order valence-corrected chi connectivity index (χ1v) is 12.7. The molecule has 37 heavy (non-hydrogen) atoms. The van der Waals surface area contributed by atoms with Crippen molar-refractivity contribution in [1.29, 1.82) is 0 Å². The number of hydrogen-bond donors (Lipinski definition) is 3. The van der Waals surface area contributed by atoms with E-state index < -0.39 is 12.1 Å². The summed E-state index contributed by atoms with van der Waals surface area (Å²) >= 11 is 0. The molecule has 1 aliphatic rings. The summed E-state index contributed by atoms with van der Waals surface area (Å²) in [6.45, 7) is 10.0. The number of ether oxygens (including phenoxy) is 2. The summed E-state index contributed by atoms with van der Waals surface area (Å²) in [6.07, 6.45) is 6.01. The second-order valence-electron chi connectivity index (χ2n) is 9.52. The minimum Gasteiger partial charge on any atom is -0.445 e. The monoisotopic (exact) mass is 512 g/mol. The van der Waals surface area contributed by atoms with Gasteiger partial charge in [-0.15, -0.1) is 0 Å². The van der Waals surface area contributed by atoms with E-state index in [-0.39, 0.29) is 43.6 Å². The molecule has 3 amide bonds. The zero-order valence-electron chi connectivity index (χ0n) is 22.1. The van der Waals surface area contributed by atoms with E-state index in [4.69, 9.17) is 9.47 Å². The minimum absolute atomic E-state index is 0.0875. The Balaban J connectivity index is 2.03. The van der Waals surface area contributed by atoms with Gasteiger partial charge in [0.25, 0.3) is 0 Å². The van der Waals surface area contributed by atoms with Crippen LogP contribution in [0.25, 0.3) is 0 Å². The highest BCUT2D eigenvalue weighted by molar-refractivity contribution is 5.86. The maximum Gasteiger partial charge on any atom is 0.408 e. The number of nitrogens with one attached hydrogen (secondary N) is 3. The fourth-order valence-corrected chi connectivity index (χ4v) is 3.86. The Kier molecular flexibility index (Phi) is 13.1. The number of allylic oxidation sites excluding steroid dienone is 3. The van der Waals surface area contributed by atoms with Crippen molar-refractivity contribution in [3.8, 4) is 0 Å². The van der Waals surface area contributed by atoms with Gasteiger partial charge in [-0.2, -0.15) is 0 Å². The molecule has 0 fully saturated rings. The molecule has 0 aliphatic carbocycles. The number of carbonyl (C=O) groups excluding carboxylic acids is 3. The van der Waals surface area contributed by atoms with E-state index in [1.165, 1.54) is 0 Å². The van der Waals surface area contributed by atoms with E-state index in [1.807, 2.05) is 51.1 Å². The lowest BCUT2D eigenvalue weighted by Gasteiger charge is -2.25. The van der Waals surface area contributed by atoms with Crippen molar-refractivity contribution in [3.63, 3.8) is 0 Å². The summed E-state index contributed by atoms with van der Waals surface area (Å²) in [7, 11) is 0. The van der Waals surface area contributed by atoms with Crippen LogP contribution in [-0.2, 0) is 25.7 Å². The van der Waals surface area contributed by atoms with Crippen molar-refractivity contribution in [2.45, 2.75) is 65.1 Å². The Bertz CT molecular complexity index is 959. The molecule has 0 spiro atoms. The fraction of sp³-hybridized carbons (Fsp3) is 0.500. The lowest BCUT2D eigenvalue weighted by Crippen LogP contribution is -2.53. The Labute approximate surface area is 219 Å². The van der Waals surface area contributed by atoms with Gasteiger partial charge in [0.15, 0.2) is 0 Å². The first-order chi connectivity index (χ1) is 17.8. The molecule has 2 rings (SSSR count). The fourth-order valence-electron chi connectivity index (χ4n) is 3.86. The maximum absolute atomic E-state index is 13.2. The van der Waals surface area contributed by atoms with Gasteiger partial charge < -0.3 is 25.4 Å². The zero-order chi connectivity index (χ0) is 27.0. The van der Waals surface area contributed by atoms with Crippen LogP contribution in [0.3, 0.4) is 0 Å². The van der Waals surface area contributed by atoms with Gasteiger partial charge in [-0.3, -0.25) is 14.6 Å². The molecule has 1 aliphatic heterocycles. The normalized spacial score (nSPS) is 21.1. The molecule has 3 N–H and O–H groups in total. The molecule has 9 heteroatoms. The molecular formula is C28H40N4O5. The first kappa shape index (κ1) is 29.8. The molecular weight excluding hydrogens is 472 g/mol. The van der Waals surface area contributed by atoms with E-state index in [0.29, 0.717) is 19.4 Å². The summed E-state index contributed by atoms with van der Waals surface area (Å²) in [4.78, 5) is 41.5. The SMILES string of the molecule is C=N/C=C1\C=C(/C)CCC(NC(=O)C(NC(=O)OCc2ccccc2)C(C)C)COCC(=O)NCCC1. The number of alkyl carbamates (subject to hydrolysis) is 1. The van der Waals surface area contributed by atoms with Crippen molar-refractivity contribution in [3.05, 3.63) is 59.3 Å². The summed E-state index contributed by atoms with van der Waals surface area (Å²) in [5.41, 5.74) is 3.03. The van der Waals surface area contributed by atoms with E-state index in [2.05, 4.69) is 33.7 Å². The second kappa shape index (κ2) is 16.3. The number of rotatable bonds is 7. The molecule has 0 radical (unpaired) electrons. The van der Waals surface area contributed by atoms with Gasteiger partial charge in [-0.05, 0) is 56.4 Å². The van der Waals surface area contributed by atoms with Crippen LogP contribution >= 0.6 is 0 Å². The number of amides is 3. The van der Waals surface area contributed by atoms with Gasteiger partial charge in [-0.25, -0.2) is 4.79 Å². The van der Waals surface area contributed by atoms with E-state index in [9.17, 15) is 14.4 Å². The van der Waals surface area contributed by atoms with Crippen LogP contribution in [0.5, 0.6) is 0 Å². The summed E-state index contributed by atoms with van der Waals surface area (Å²) < 4.78 is 10.9. The Morgan fingerprint density at radius 2 is 2.03 bits per heavy atom. The van der Waals surface area contributed by atoms with Crippen LogP contribution in [0.15, 0.2) is 58.7 Å². The summed E-state index contributed by atoms with van der Waals surface area (Å²) in [6, 6.07) is 8.19. The molecule has 2 atom stereocenters. The largest absolute Gasteiger partial charge is 0.445 e. The van der Waals surface area contributed by atoms with E-state index >= 15 is 0 Å². The second-order valence-corrected chi connectivity index (χ2v) is 9.52. The van der Waals surface area contributed by atoms with Crippen molar-refractivity contribution >= 4 is 24.6 Å². The van der Waals surface area contributed by atoms with Gasteiger partial charge in [0.2, 0.25) is 11.8 Å². The van der Waals surface area contributed by atoms with Crippen LogP contribution < -0.4 is 16.0 Å². The highest BCUT2D eigenvalue weighted by Gasteiger charge is 2.27. The predicted molar refractivity (Wildman–Crippen MR) is 144 cm³/mol. The smallest absolute Gasteiger partial charge is 0.408 e. The number of benzene rings is 1. The Hall–Kier alpha value is -3.46. The summed E-state index contributed by atoms with van der Waals surface area (Å²) in [5, 5.41) is 8.51. The highest BCUT2D eigenvalue weighted by atomic mass is 16.5. The molecule has 1 aromatic rings. The van der Waals surface area contributed by atoms with Gasteiger partial charge in [0, 0.05) is 12.7 Å². The quantitative estimate of drug-likeness (QED) is 0.482. The van der Waals surface area contributed by atoms with Crippen molar-refractivity contribution in [2.24, 2.45) is 10.9 Å². The Morgan fingerprint density at radius 3 is 2.73 bits per heavy atom. The predicted octanol–water partition coefficient (Wildman–Crippen LogP) is 3.66. The summed E-state index contributed by atoms with van der Waals surface area (Å²) in [5.74, 6) is -0.705. The third-order valence-corrected chi connectivity index (χ3v) is 5.87. The maximum atomic E-state index is 13.2. The number of carbonyl (C=O) groups is 3. The van der Waals surface area contributed by atoms with Crippen LogP contribution in [-0.4, -0.2) is 56.5 Å². The lowest BCUT2D eigenvalue weighted by atomic mass is 10.0. The molecule has 1 heterocycles. The van der Waals surface area contributed by atoms with Gasteiger partial charge >= 0.3 is 6.09 Å². The third-order valence-electron chi connectivity index (χ3n) is 5.87. The number of aliphatic imine (C=N–C) groups is 1. The minimum atomic E-state index is -0.787. The average Bonchev–Trinajstić information content (AvgIpc) is 2.87. The van der Waals surface area contributed by atoms with Crippen molar-refractivity contribution < 1.29 is 23.9 Å². The van der Waals surface area contributed by atoms with Gasteiger partial charge in [-0.1, -0.05) is 55.8 Å². The van der Waals surface area contributed by atoms with Crippen molar-refractivity contribution in [1.82, 2.24) is 16.0 Å². The highest BCUT2D eigenvalue weighted by Crippen LogP contribution is 2.15. The number of nitrogens with zero attached hydrogens (tertiary/aromatic N) is 1. The zero-order valence-corrected chi connectivity index (χ0v) is 22.1. The topological polar surface area (TPSA) is 118 Å². The average molecular weight is 513 g/mol. The molecule has 2 unspecified atom stereocenters. The van der Waals surface area contributed by atoms with E-state index in [0.717, 1.165) is 29.6 Å². The molecule has 9 nitrogen and oxygen atoms in total. The van der Waals surface area contributed by atoms with Crippen LogP contribution in [0, 0.1) is 5.92 Å². The molecule has 0 aromatic heterocycles. The standard InChI is InChI=1S/C28H40N4O5/c1-20(2)26(32-28(35)37-17-22-9-6-5-7-10-22)27(34)31-24-13-12-21(3)15-23(16-29-4)11-8-14-30-25(33)19-36-18-24/h5-7,9-10,15-16,20,24,26H,4,8,11-14,17-19H2,1-3H3,(H,30,33)(H,31,34)(H,32,35)/b21-15+,23-16-.